The molecule has 0 saturated heterocycles. The Labute approximate surface area is 252 Å². The lowest BCUT2D eigenvalue weighted by Crippen LogP contribution is -2.55. The van der Waals surface area contributed by atoms with E-state index in [0.29, 0.717) is 25.8 Å². The number of hydrogen-bond donors (Lipinski definition) is 4. The van der Waals surface area contributed by atoms with Crippen LogP contribution in [0.25, 0.3) is 0 Å². The van der Waals surface area contributed by atoms with Gasteiger partial charge in [-0.25, -0.2) is 0 Å². The molecule has 42 heavy (non-hydrogen) atoms. The smallest absolute Gasteiger partial charge is 0.247 e. The molecule has 0 bridgehead atoms. The van der Waals surface area contributed by atoms with Crippen molar-refractivity contribution in [1.82, 2.24) is 21.3 Å². The van der Waals surface area contributed by atoms with Crippen LogP contribution < -0.4 is 21.3 Å². The Balaban J connectivity index is 2.02. The maximum atomic E-state index is 13.5. The maximum Gasteiger partial charge on any atom is 0.247 e. The quantitative estimate of drug-likeness (QED) is 0.165. The minimum absolute atomic E-state index is 0.0347. The summed E-state index contributed by atoms with van der Waals surface area (Å²) in [7, 11) is 0. The summed E-state index contributed by atoms with van der Waals surface area (Å²) in [4.78, 5) is 51.7. The number of amides is 4. The third-order valence-corrected chi connectivity index (χ3v) is 7.44. The van der Waals surface area contributed by atoms with Gasteiger partial charge in [0.15, 0.2) is 0 Å². The second kappa shape index (κ2) is 20.5. The normalized spacial score (nSPS) is 19.9. The van der Waals surface area contributed by atoms with Crippen LogP contribution in [0.5, 0.6) is 0 Å². The fourth-order valence-corrected chi connectivity index (χ4v) is 4.83. The highest BCUT2D eigenvalue weighted by Crippen LogP contribution is 2.11. The molecule has 232 valence electrons. The van der Waals surface area contributed by atoms with Crippen molar-refractivity contribution in [2.45, 2.75) is 116 Å². The van der Waals surface area contributed by atoms with Crippen molar-refractivity contribution in [2.24, 2.45) is 5.92 Å². The van der Waals surface area contributed by atoms with Crippen molar-refractivity contribution in [2.75, 3.05) is 6.54 Å². The number of rotatable bonds is 16. The van der Waals surface area contributed by atoms with Crippen LogP contribution in [0, 0.1) is 5.92 Å². The predicted octanol–water partition coefficient (Wildman–Crippen LogP) is 4.89. The van der Waals surface area contributed by atoms with Gasteiger partial charge in [-0.15, -0.1) is 0 Å². The average molecular weight is 581 g/mol. The Morgan fingerprint density at radius 1 is 0.929 bits per heavy atom. The molecule has 1 aromatic carbocycles. The summed E-state index contributed by atoms with van der Waals surface area (Å²) in [6.07, 6.45) is 18.2. The molecule has 4 amide bonds. The molecule has 2 rings (SSSR count). The zero-order valence-electron chi connectivity index (χ0n) is 25.8. The van der Waals surface area contributed by atoms with E-state index in [0.717, 1.165) is 24.8 Å². The van der Waals surface area contributed by atoms with E-state index in [9.17, 15) is 19.2 Å². The lowest BCUT2D eigenvalue weighted by Gasteiger charge is -2.25. The molecule has 0 fully saturated rings. The summed E-state index contributed by atoms with van der Waals surface area (Å²) in [5.74, 6) is -1.12. The van der Waals surface area contributed by atoms with Gasteiger partial charge < -0.3 is 21.3 Å². The van der Waals surface area contributed by atoms with Gasteiger partial charge in [-0.3, -0.25) is 19.2 Å². The van der Waals surface area contributed by atoms with Crippen molar-refractivity contribution in [3.8, 4) is 0 Å². The van der Waals surface area contributed by atoms with E-state index in [1.165, 1.54) is 44.6 Å². The summed E-state index contributed by atoms with van der Waals surface area (Å²) >= 11 is 0. The minimum Gasteiger partial charge on any atom is -0.352 e. The molecule has 4 N–H and O–H groups in total. The first-order valence-corrected chi connectivity index (χ1v) is 15.9. The minimum atomic E-state index is -0.922. The number of unbranched alkanes of at least 4 members (excludes halogenated alkanes) is 8. The molecule has 1 aromatic rings. The van der Waals surface area contributed by atoms with Crippen molar-refractivity contribution < 1.29 is 19.2 Å². The zero-order valence-corrected chi connectivity index (χ0v) is 25.8. The molecule has 1 aliphatic rings. The molecule has 0 unspecified atom stereocenters. The number of carbonyl (C=O) groups is 4. The lowest BCUT2D eigenvalue weighted by molar-refractivity contribution is -0.131. The second-order valence-electron chi connectivity index (χ2n) is 11.5. The van der Waals surface area contributed by atoms with E-state index >= 15 is 0 Å². The monoisotopic (exact) mass is 580 g/mol. The highest BCUT2D eigenvalue weighted by molar-refractivity contribution is 5.93. The molecule has 3 atom stereocenters. The number of benzene rings is 1. The zero-order chi connectivity index (χ0) is 30.6. The fourth-order valence-electron chi connectivity index (χ4n) is 4.83. The summed E-state index contributed by atoms with van der Waals surface area (Å²) in [5, 5.41) is 11.5. The van der Waals surface area contributed by atoms with Gasteiger partial charge in [0.25, 0.3) is 0 Å². The molecule has 8 heteroatoms. The van der Waals surface area contributed by atoms with E-state index < -0.39 is 18.0 Å². The van der Waals surface area contributed by atoms with Crippen molar-refractivity contribution in [1.29, 1.82) is 0 Å². The Hall–Kier alpha value is -3.42. The van der Waals surface area contributed by atoms with Crippen LogP contribution in [-0.2, 0) is 25.6 Å². The second-order valence-corrected chi connectivity index (χ2v) is 11.5. The van der Waals surface area contributed by atoms with Crippen LogP contribution in [0.15, 0.2) is 54.6 Å². The van der Waals surface area contributed by atoms with Crippen molar-refractivity contribution in [3.63, 3.8) is 0 Å². The molecule has 0 aliphatic carbocycles. The van der Waals surface area contributed by atoms with Gasteiger partial charge in [0, 0.05) is 31.5 Å². The number of carbonyl (C=O) groups excluding carboxylic acids is 4. The highest BCUT2D eigenvalue weighted by Gasteiger charge is 2.27. The molecular weight excluding hydrogens is 528 g/mol. The van der Waals surface area contributed by atoms with Crippen molar-refractivity contribution >= 4 is 23.6 Å². The molecule has 8 nitrogen and oxygen atoms in total. The van der Waals surface area contributed by atoms with Gasteiger partial charge in [0.05, 0.1) is 0 Å². The van der Waals surface area contributed by atoms with Crippen LogP contribution in [-0.4, -0.2) is 48.3 Å². The molecule has 0 spiro atoms. The molecule has 0 saturated carbocycles. The standard InChI is InChI=1S/C34H52N4O4/c1-4-5-6-7-8-9-10-11-15-21-32(40)36-30(25-27-18-13-12-14-19-27)34(42)38-29-20-16-17-24-35-31(39)23-22-28(26(2)3)37-33(29)41/h12-14,16,18-20,22-23,26,28-30H,4-11,15,17,21,24-25H2,1-3H3,(H,35,39)(H,36,40)(H,37,41)(H,38,42)/b20-16+,23-22+/t28-,29+,30+/m1/s1. The van der Waals surface area contributed by atoms with Gasteiger partial charge in [0.1, 0.15) is 12.1 Å². The van der Waals surface area contributed by atoms with E-state index in [-0.39, 0.29) is 29.7 Å². The molecule has 0 radical (unpaired) electrons. The Kier molecular flexibility index (Phi) is 16.9. The van der Waals surface area contributed by atoms with Gasteiger partial charge in [-0.2, -0.15) is 0 Å². The van der Waals surface area contributed by atoms with Gasteiger partial charge in [0.2, 0.25) is 23.6 Å². The first-order valence-electron chi connectivity index (χ1n) is 15.9. The Morgan fingerprint density at radius 2 is 1.60 bits per heavy atom. The van der Waals surface area contributed by atoms with E-state index in [2.05, 4.69) is 28.2 Å². The third kappa shape index (κ3) is 14.5. The SMILES string of the molecule is CCCCCCCCCCCC(=O)N[C@@H](Cc1ccccc1)C(=O)N[C@H]1/C=C/CCNC(=O)/C=C/[C@H](C(C)C)NC1=O. The van der Waals surface area contributed by atoms with Gasteiger partial charge in [-0.05, 0) is 24.3 Å². The highest BCUT2D eigenvalue weighted by atomic mass is 16.2. The first kappa shape index (κ1) is 34.8. The van der Waals surface area contributed by atoms with Crippen LogP contribution >= 0.6 is 0 Å². The summed E-state index contributed by atoms with van der Waals surface area (Å²) in [6.45, 7) is 6.53. The molecule has 1 heterocycles. The molecular formula is C34H52N4O4. The average Bonchev–Trinajstić information content (AvgIpc) is 2.96. The van der Waals surface area contributed by atoms with Crippen LogP contribution in [0.3, 0.4) is 0 Å². The first-order chi connectivity index (χ1) is 20.3. The maximum absolute atomic E-state index is 13.5. The van der Waals surface area contributed by atoms with Crippen LogP contribution in [0.2, 0.25) is 0 Å². The summed E-state index contributed by atoms with van der Waals surface area (Å²) in [5.41, 5.74) is 0.917. The lowest BCUT2D eigenvalue weighted by atomic mass is 10.0. The molecule has 0 aromatic heterocycles. The Bertz CT molecular complexity index is 1020. The summed E-state index contributed by atoms with van der Waals surface area (Å²) < 4.78 is 0. The number of nitrogens with one attached hydrogen (secondary N) is 4. The van der Waals surface area contributed by atoms with Crippen LogP contribution in [0.4, 0.5) is 0 Å². The fraction of sp³-hybridized carbons (Fsp3) is 0.588. The van der Waals surface area contributed by atoms with Gasteiger partial charge in [-0.1, -0.05) is 121 Å². The third-order valence-electron chi connectivity index (χ3n) is 7.44. The van der Waals surface area contributed by atoms with E-state index in [1.807, 2.05) is 44.2 Å². The van der Waals surface area contributed by atoms with E-state index in [4.69, 9.17) is 0 Å². The predicted molar refractivity (Wildman–Crippen MR) is 169 cm³/mol. The topological polar surface area (TPSA) is 116 Å². The largest absolute Gasteiger partial charge is 0.352 e. The van der Waals surface area contributed by atoms with Crippen molar-refractivity contribution in [3.05, 3.63) is 60.2 Å². The molecule has 1 aliphatic heterocycles. The Morgan fingerprint density at radius 3 is 2.26 bits per heavy atom. The van der Waals surface area contributed by atoms with Crippen LogP contribution in [0.1, 0.15) is 97.0 Å². The van der Waals surface area contributed by atoms with E-state index in [1.54, 1.807) is 18.2 Å². The van der Waals surface area contributed by atoms with Gasteiger partial charge >= 0.3 is 0 Å². The summed E-state index contributed by atoms with van der Waals surface area (Å²) in [6, 6.07) is 7.42. The number of hydrogen-bond acceptors (Lipinski definition) is 4.